The molecule has 0 atom stereocenters. The molecular formula is C23H19NO4. The highest BCUT2D eigenvalue weighted by atomic mass is 16.5. The van der Waals surface area contributed by atoms with E-state index in [1.165, 1.54) is 0 Å². The van der Waals surface area contributed by atoms with E-state index < -0.39 is 5.97 Å². The molecule has 0 aliphatic carbocycles. The lowest BCUT2D eigenvalue weighted by molar-refractivity contribution is -0.135. The molecule has 0 spiro atoms. The van der Waals surface area contributed by atoms with Gasteiger partial charge < -0.3 is 14.3 Å². The van der Waals surface area contributed by atoms with Crippen LogP contribution in [0.5, 0.6) is 5.75 Å². The standard InChI is InChI=1S/C23H19NO4/c1-2-27-20-12-11-15-7-3-4-8-17(15)18(20)13-16(14-22(25)26)23-24-19-9-5-6-10-21(19)28-23/h3-13H,2,14H2,1H3,(H,25,26)/b16-13+. The van der Waals surface area contributed by atoms with Crippen LogP contribution < -0.4 is 4.74 Å². The van der Waals surface area contributed by atoms with Crippen molar-refractivity contribution in [3.05, 3.63) is 72.1 Å². The summed E-state index contributed by atoms with van der Waals surface area (Å²) in [6.45, 7) is 2.43. The van der Waals surface area contributed by atoms with Gasteiger partial charge in [0.1, 0.15) is 11.3 Å². The number of aromatic nitrogens is 1. The van der Waals surface area contributed by atoms with E-state index in [2.05, 4.69) is 4.98 Å². The molecule has 0 aliphatic heterocycles. The Balaban J connectivity index is 1.93. The van der Waals surface area contributed by atoms with Crippen LogP contribution in [-0.4, -0.2) is 22.7 Å². The number of fused-ring (bicyclic) bond motifs is 2. The van der Waals surface area contributed by atoms with Crippen molar-refractivity contribution in [1.82, 2.24) is 4.98 Å². The van der Waals surface area contributed by atoms with E-state index in [-0.39, 0.29) is 6.42 Å². The Morgan fingerprint density at radius 1 is 1.11 bits per heavy atom. The Hall–Kier alpha value is -3.60. The summed E-state index contributed by atoms with van der Waals surface area (Å²) < 4.78 is 11.6. The average molecular weight is 373 g/mol. The van der Waals surface area contributed by atoms with Crippen molar-refractivity contribution < 1.29 is 19.1 Å². The first-order valence-electron chi connectivity index (χ1n) is 9.08. The molecule has 140 valence electrons. The molecule has 0 radical (unpaired) electrons. The third-order valence-electron chi connectivity index (χ3n) is 4.46. The second-order valence-electron chi connectivity index (χ2n) is 6.36. The highest BCUT2D eigenvalue weighted by Crippen LogP contribution is 2.33. The number of nitrogens with zero attached hydrogens (tertiary/aromatic N) is 1. The van der Waals surface area contributed by atoms with Crippen LogP contribution in [-0.2, 0) is 4.79 Å². The maximum absolute atomic E-state index is 11.5. The zero-order chi connectivity index (χ0) is 19.5. The Morgan fingerprint density at radius 2 is 1.89 bits per heavy atom. The molecule has 0 saturated heterocycles. The number of ether oxygens (including phenoxy) is 1. The average Bonchev–Trinajstić information content (AvgIpc) is 3.13. The molecule has 1 aromatic heterocycles. The van der Waals surface area contributed by atoms with E-state index >= 15 is 0 Å². The van der Waals surface area contributed by atoms with Gasteiger partial charge in [-0.1, -0.05) is 42.5 Å². The van der Waals surface area contributed by atoms with Crippen LogP contribution in [0, 0.1) is 0 Å². The van der Waals surface area contributed by atoms with Crippen LogP contribution in [0.2, 0.25) is 0 Å². The largest absolute Gasteiger partial charge is 0.493 e. The number of oxazole rings is 1. The van der Waals surface area contributed by atoms with Crippen molar-refractivity contribution in [2.45, 2.75) is 13.3 Å². The van der Waals surface area contributed by atoms with Crippen LogP contribution in [0.1, 0.15) is 24.8 Å². The van der Waals surface area contributed by atoms with E-state index in [0.717, 1.165) is 16.3 Å². The molecule has 3 aromatic carbocycles. The van der Waals surface area contributed by atoms with Gasteiger partial charge in [0.25, 0.3) is 0 Å². The Labute approximate surface area is 161 Å². The van der Waals surface area contributed by atoms with Gasteiger partial charge in [-0.3, -0.25) is 4.79 Å². The van der Waals surface area contributed by atoms with Crippen molar-refractivity contribution in [3.63, 3.8) is 0 Å². The molecule has 4 aromatic rings. The molecule has 1 heterocycles. The zero-order valence-electron chi connectivity index (χ0n) is 15.4. The Kier molecular flexibility index (Phi) is 4.81. The zero-order valence-corrected chi connectivity index (χ0v) is 15.4. The van der Waals surface area contributed by atoms with Gasteiger partial charge in [0.15, 0.2) is 5.58 Å². The lowest BCUT2D eigenvalue weighted by Crippen LogP contribution is -1.99. The Bertz CT molecular complexity index is 1160. The lowest BCUT2D eigenvalue weighted by atomic mass is 10.00. The summed E-state index contributed by atoms with van der Waals surface area (Å²) in [6.07, 6.45) is 1.60. The second kappa shape index (κ2) is 7.56. The van der Waals surface area contributed by atoms with Crippen LogP contribution in [0.3, 0.4) is 0 Å². The van der Waals surface area contributed by atoms with Crippen LogP contribution in [0.15, 0.2) is 65.1 Å². The summed E-state index contributed by atoms with van der Waals surface area (Å²) >= 11 is 0. The van der Waals surface area contributed by atoms with Crippen LogP contribution in [0.25, 0.3) is 33.5 Å². The monoisotopic (exact) mass is 373 g/mol. The van der Waals surface area contributed by atoms with E-state index in [9.17, 15) is 9.90 Å². The number of rotatable bonds is 6. The number of aliphatic carboxylic acids is 1. The fraction of sp³-hybridized carbons (Fsp3) is 0.130. The molecule has 0 aliphatic rings. The Morgan fingerprint density at radius 3 is 2.68 bits per heavy atom. The number of hydrogen-bond acceptors (Lipinski definition) is 4. The highest BCUT2D eigenvalue weighted by molar-refractivity contribution is 5.99. The number of benzene rings is 3. The normalized spacial score (nSPS) is 11.8. The van der Waals surface area contributed by atoms with E-state index in [1.54, 1.807) is 0 Å². The quantitative estimate of drug-likeness (QED) is 0.490. The first-order valence-corrected chi connectivity index (χ1v) is 9.08. The van der Waals surface area contributed by atoms with Crippen molar-refractivity contribution in [1.29, 1.82) is 0 Å². The number of carbonyl (C=O) groups is 1. The van der Waals surface area contributed by atoms with Gasteiger partial charge in [-0.15, -0.1) is 0 Å². The summed E-state index contributed by atoms with van der Waals surface area (Å²) in [7, 11) is 0. The van der Waals surface area contributed by atoms with Gasteiger partial charge in [0, 0.05) is 11.1 Å². The third kappa shape index (κ3) is 3.47. The minimum absolute atomic E-state index is 0.207. The van der Waals surface area contributed by atoms with Crippen molar-refractivity contribution >= 4 is 39.5 Å². The van der Waals surface area contributed by atoms with E-state index in [4.69, 9.17) is 9.15 Å². The number of carboxylic acids is 1. The molecule has 4 rings (SSSR count). The molecule has 0 amide bonds. The van der Waals surface area contributed by atoms with E-state index in [0.29, 0.717) is 34.9 Å². The SMILES string of the molecule is CCOc1ccc2ccccc2c1/C=C(\CC(=O)O)c1nc2ccccc2o1. The predicted octanol–water partition coefficient (Wildman–Crippen LogP) is 5.40. The van der Waals surface area contributed by atoms with Crippen molar-refractivity contribution in [2.24, 2.45) is 0 Å². The summed E-state index contributed by atoms with van der Waals surface area (Å²) in [5, 5.41) is 11.5. The van der Waals surface area contributed by atoms with Gasteiger partial charge >= 0.3 is 5.97 Å². The summed E-state index contributed by atoms with van der Waals surface area (Å²) in [4.78, 5) is 16.0. The predicted molar refractivity (Wildman–Crippen MR) is 109 cm³/mol. The smallest absolute Gasteiger partial charge is 0.308 e. The van der Waals surface area contributed by atoms with Gasteiger partial charge in [-0.25, -0.2) is 4.98 Å². The van der Waals surface area contributed by atoms with Crippen LogP contribution >= 0.6 is 0 Å². The molecule has 5 heteroatoms. The maximum Gasteiger partial charge on any atom is 0.308 e. The second-order valence-corrected chi connectivity index (χ2v) is 6.36. The first-order chi connectivity index (χ1) is 13.7. The fourth-order valence-corrected chi connectivity index (χ4v) is 3.24. The summed E-state index contributed by atoms with van der Waals surface area (Å²) in [6, 6.07) is 19.2. The minimum Gasteiger partial charge on any atom is -0.493 e. The first kappa shape index (κ1) is 17.8. The molecule has 1 N–H and O–H groups in total. The molecule has 28 heavy (non-hydrogen) atoms. The number of hydrogen-bond donors (Lipinski definition) is 1. The topological polar surface area (TPSA) is 72.6 Å². The number of carboxylic acid groups (broad SMARTS) is 1. The summed E-state index contributed by atoms with van der Waals surface area (Å²) in [5.41, 5.74) is 2.62. The lowest BCUT2D eigenvalue weighted by Gasteiger charge is -2.12. The van der Waals surface area contributed by atoms with Gasteiger partial charge in [-0.05, 0) is 42.0 Å². The molecule has 0 saturated carbocycles. The molecule has 5 nitrogen and oxygen atoms in total. The van der Waals surface area contributed by atoms with Gasteiger partial charge in [0.2, 0.25) is 5.89 Å². The summed E-state index contributed by atoms with van der Waals surface area (Å²) in [5.74, 6) is 0.0471. The molecule has 0 fully saturated rings. The van der Waals surface area contributed by atoms with Crippen LogP contribution in [0.4, 0.5) is 0 Å². The highest BCUT2D eigenvalue weighted by Gasteiger charge is 2.16. The number of para-hydroxylation sites is 2. The van der Waals surface area contributed by atoms with Crippen molar-refractivity contribution in [2.75, 3.05) is 6.61 Å². The van der Waals surface area contributed by atoms with E-state index in [1.807, 2.05) is 73.7 Å². The van der Waals surface area contributed by atoms with Gasteiger partial charge in [-0.2, -0.15) is 0 Å². The fourth-order valence-electron chi connectivity index (χ4n) is 3.24. The molecule has 0 unspecified atom stereocenters. The molecule has 0 bridgehead atoms. The minimum atomic E-state index is -0.952. The molecular weight excluding hydrogens is 354 g/mol. The van der Waals surface area contributed by atoms with Gasteiger partial charge in [0.05, 0.1) is 13.0 Å². The van der Waals surface area contributed by atoms with Crippen molar-refractivity contribution in [3.8, 4) is 5.75 Å². The maximum atomic E-state index is 11.5. The third-order valence-corrected chi connectivity index (χ3v) is 4.46.